The Morgan fingerprint density at radius 2 is 2.06 bits per heavy atom. The molecule has 17 heavy (non-hydrogen) atoms. The second-order valence-corrected chi connectivity index (χ2v) is 5.34. The smallest absolute Gasteiger partial charge is 0.0568 e. The zero-order valence-corrected chi connectivity index (χ0v) is 12.2. The first kappa shape index (κ1) is 12.6. The molecule has 0 fully saturated rings. The first-order valence-corrected chi connectivity index (χ1v) is 7.16. The molecule has 90 valence electrons. The molecule has 3 heteroatoms. The standard InChI is InChI=1S/C14H17IN2/c1-2-3-6-9-17-11-12(10-16-17)13-7-4-5-8-14(13)15/h4-5,7-8,10-11H,2-3,6,9H2,1H3. The lowest BCUT2D eigenvalue weighted by atomic mass is 10.1. The van der Waals surface area contributed by atoms with Crippen LogP contribution in [0.15, 0.2) is 36.7 Å². The Hall–Kier alpha value is -0.840. The van der Waals surface area contributed by atoms with Gasteiger partial charge in [-0.3, -0.25) is 4.68 Å². The molecule has 0 aliphatic rings. The molecule has 0 amide bonds. The highest BCUT2D eigenvalue weighted by Crippen LogP contribution is 2.24. The maximum Gasteiger partial charge on any atom is 0.0568 e. The Morgan fingerprint density at radius 1 is 1.24 bits per heavy atom. The minimum atomic E-state index is 1.03. The molecule has 0 N–H and O–H groups in total. The van der Waals surface area contributed by atoms with Gasteiger partial charge in [-0.15, -0.1) is 0 Å². The highest BCUT2D eigenvalue weighted by molar-refractivity contribution is 14.1. The SMILES string of the molecule is CCCCCn1cc(-c2ccccc2I)cn1. The Bertz CT molecular complexity index is 477. The van der Waals surface area contributed by atoms with Crippen molar-refractivity contribution in [3.8, 4) is 11.1 Å². The predicted octanol–water partition coefficient (Wildman–Crippen LogP) is 4.34. The summed E-state index contributed by atoms with van der Waals surface area (Å²) in [6, 6.07) is 8.42. The van der Waals surface area contributed by atoms with E-state index in [1.165, 1.54) is 34.0 Å². The van der Waals surface area contributed by atoms with Gasteiger partial charge in [-0.05, 0) is 40.6 Å². The van der Waals surface area contributed by atoms with Crippen molar-refractivity contribution < 1.29 is 0 Å². The molecule has 2 rings (SSSR count). The molecule has 0 aliphatic carbocycles. The quantitative estimate of drug-likeness (QED) is 0.585. The van der Waals surface area contributed by atoms with Crippen molar-refractivity contribution in [1.82, 2.24) is 9.78 Å². The Morgan fingerprint density at radius 3 is 2.82 bits per heavy atom. The van der Waals surface area contributed by atoms with Crippen molar-refractivity contribution in [2.24, 2.45) is 0 Å². The number of rotatable bonds is 5. The summed E-state index contributed by atoms with van der Waals surface area (Å²) in [6.07, 6.45) is 7.85. The largest absolute Gasteiger partial charge is 0.272 e. The van der Waals surface area contributed by atoms with Crippen LogP contribution in [0.3, 0.4) is 0 Å². The van der Waals surface area contributed by atoms with E-state index in [-0.39, 0.29) is 0 Å². The monoisotopic (exact) mass is 340 g/mol. The van der Waals surface area contributed by atoms with Crippen molar-refractivity contribution in [2.75, 3.05) is 0 Å². The molecule has 1 aromatic heterocycles. The molecular formula is C14H17IN2. The van der Waals surface area contributed by atoms with Gasteiger partial charge < -0.3 is 0 Å². The van der Waals surface area contributed by atoms with E-state index in [4.69, 9.17) is 0 Å². The maximum atomic E-state index is 4.42. The highest BCUT2D eigenvalue weighted by atomic mass is 127. The molecule has 0 aliphatic heterocycles. The van der Waals surface area contributed by atoms with Crippen LogP contribution in [0.5, 0.6) is 0 Å². The number of halogens is 1. The van der Waals surface area contributed by atoms with Crippen LogP contribution < -0.4 is 0 Å². The van der Waals surface area contributed by atoms with Crippen LogP contribution in [0, 0.1) is 3.57 Å². The average Bonchev–Trinajstić information content (AvgIpc) is 2.79. The van der Waals surface area contributed by atoms with Crippen molar-refractivity contribution >= 4 is 22.6 Å². The number of nitrogens with zero attached hydrogens (tertiary/aromatic N) is 2. The average molecular weight is 340 g/mol. The van der Waals surface area contributed by atoms with Gasteiger partial charge in [-0.25, -0.2) is 0 Å². The number of aryl methyl sites for hydroxylation is 1. The van der Waals surface area contributed by atoms with Gasteiger partial charge in [0.05, 0.1) is 6.20 Å². The number of aromatic nitrogens is 2. The summed E-state index contributed by atoms with van der Waals surface area (Å²) in [7, 11) is 0. The fourth-order valence-electron chi connectivity index (χ4n) is 1.84. The van der Waals surface area contributed by atoms with Gasteiger partial charge in [0.15, 0.2) is 0 Å². The van der Waals surface area contributed by atoms with E-state index in [1.807, 2.05) is 10.9 Å². The predicted molar refractivity (Wildman–Crippen MR) is 79.9 cm³/mol. The second kappa shape index (κ2) is 6.19. The van der Waals surface area contributed by atoms with Crippen LogP contribution in [0.4, 0.5) is 0 Å². The van der Waals surface area contributed by atoms with Crippen LogP contribution in [0.25, 0.3) is 11.1 Å². The zero-order chi connectivity index (χ0) is 12.1. The molecule has 0 saturated heterocycles. The van der Waals surface area contributed by atoms with E-state index < -0.39 is 0 Å². The lowest BCUT2D eigenvalue weighted by Gasteiger charge is -2.01. The third-order valence-electron chi connectivity index (χ3n) is 2.81. The van der Waals surface area contributed by atoms with E-state index in [2.05, 4.69) is 65.1 Å². The van der Waals surface area contributed by atoms with E-state index >= 15 is 0 Å². The molecule has 1 aromatic carbocycles. The summed E-state index contributed by atoms with van der Waals surface area (Å²) in [4.78, 5) is 0. The van der Waals surface area contributed by atoms with Gasteiger partial charge in [0.1, 0.15) is 0 Å². The summed E-state index contributed by atoms with van der Waals surface area (Å²) in [5, 5.41) is 4.42. The van der Waals surface area contributed by atoms with Crippen molar-refractivity contribution in [2.45, 2.75) is 32.7 Å². The van der Waals surface area contributed by atoms with Gasteiger partial charge in [-0.2, -0.15) is 5.10 Å². The summed E-state index contributed by atoms with van der Waals surface area (Å²) >= 11 is 2.37. The van der Waals surface area contributed by atoms with E-state index in [0.29, 0.717) is 0 Å². The normalized spacial score (nSPS) is 10.7. The molecular weight excluding hydrogens is 323 g/mol. The van der Waals surface area contributed by atoms with Gasteiger partial charge in [-0.1, -0.05) is 38.0 Å². The number of benzene rings is 1. The fourth-order valence-corrected chi connectivity index (χ4v) is 2.54. The lowest BCUT2D eigenvalue weighted by molar-refractivity contribution is 0.553. The second-order valence-electron chi connectivity index (χ2n) is 4.18. The molecule has 2 nitrogen and oxygen atoms in total. The molecule has 2 aromatic rings. The molecule has 0 saturated carbocycles. The van der Waals surface area contributed by atoms with Gasteiger partial charge in [0.2, 0.25) is 0 Å². The van der Waals surface area contributed by atoms with E-state index in [1.54, 1.807) is 0 Å². The molecule has 0 spiro atoms. The van der Waals surface area contributed by atoms with E-state index in [9.17, 15) is 0 Å². The topological polar surface area (TPSA) is 17.8 Å². The Balaban J connectivity index is 2.10. The minimum Gasteiger partial charge on any atom is -0.272 e. The fraction of sp³-hybridized carbons (Fsp3) is 0.357. The molecule has 0 unspecified atom stereocenters. The first-order chi connectivity index (χ1) is 8.31. The Labute approximate surface area is 116 Å². The van der Waals surface area contributed by atoms with Gasteiger partial charge in [0.25, 0.3) is 0 Å². The zero-order valence-electron chi connectivity index (χ0n) is 10.1. The number of hydrogen-bond donors (Lipinski definition) is 0. The van der Waals surface area contributed by atoms with Crippen molar-refractivity contribution in [1.29, 1.82) is 0 Å². The molecule has 0 bridgehead atoms. The van der Waals surface area contributed by atoms with Crippen LogP contribution >= 0.6 is 22.6 Å². The first-order valence-electron chi connectivity index (χ1n) is 6.08. The molecule has 1 heterocycles. The molecule has 0 atom stereocenters. The Kier molecular flexibility index (Phi) is 4.59. The highest BCUT2D eigenvalue weighted by Gasteiger charge is 2.04. The van der Waals surface area contributed by atoms with Gasteiger partial charge >= 0.3 is 0 Å². The number of hydrogen-bond acceptors (Lipinski definition) is 1. The van der Waals surface area contributed by atoms with E-state index in [0.717, 1.165) is 6.54 Å². The van der Waals surface area contributed by atoms with Gasteiger partial charge in [0, 0.05) is 21.9 Å². The summed E-state index contributed by atoms with van der Waals surface area (Å²) in [6.45, 7) is 3.25. The summed E-state index contributed by atoms with van der Waals surface area (Å²) in [5.74, 6) is 0. The summed E-state index contributed by atoms with van der Waals surface area (Å²) in [5.41, 5.74) is 2.49. The third-order valence-corrected chi connectivity index (χ3v) is 3.75. The minimum absolute atomic E-state index is 1.03. The lowest BCUT2D eigenvalue weighted by Crippen LogP contribution is -1.97. The maximum absolute atomic E-state index is 4.42. The third kappa shape index (κ3) is 3.31. The van der Waals surface area contributed by atoms with Crippen LogP contribution in [-0.4, -0.2) is 9.78 Å². The van der Waals surface area contributed by atoms with Crippen molar-refractivity contribution in [3.05, 3.63) is 40.2 Å². The molecule has 0 radical (unpaired) electrons. The number of unbranched alkanes of at least 4 members (excludes halogenated alkanes) is 2. The van der Waals surface area contributed by atoms with Crippen LogP contribution in [-0.2, 0) is 6.54 Å². The summed E-state index contributed by atoms with van der Waals surface area (Å²) < 4.78 is 3.33. The van der Waals surface area contributed by atoms with Crippen LogP contribution in [0.2, 0.25) is 0 Å². The van der Waals surface area contributed by atoms with Crippen molar-refractivity contribution in [3.63, 3.8) is 0 Å². The van der Waals surface area contributed by atoms with Crippen LogP contribution in [0.1, 0.15) is 26.2 Å².